The number of para-hydroxylation sites is 1. The summed E-state index contributed by atoms with van der Waals surface area (Å²) in [7, 11) is 3.25. The molecule has 0 aliphatic carbocycles. The van der Waals surface area contributed by atoms with E-state index in [4.69, 9.17) is 9.47 Å². The van der Waals surface area contributed by atoms with Gasteiger partial charge in [-0.15, -0.1) is 0 Å². The first kappa shape index (κ1) is 20.2. The van der Waals surface area contributed by atoms with Crippen molar-refractivity contribution in [3.05, 3.63) is 72.3 Å². The molecule has 1 atom stereocenters. The second kappa shape index (κ2) is 10.1. The van der Waals surface area contributed by atoms with Gasteiger partial charge in [0, 0.05) is 5.56 Å². The summed E-state index contributed by atoms with van der Waals surface area (Å²) in [5.41, 5.74) is 1.88. The number of carbonyl (C=O) groups excluding carboxylic acids is 2. The van der Waals surface area contributed by atoms with Gasteiger partial charge in [0.15, 0.2) is 6.54 Å². The minimum Gasteiger partial charge on any atom is -0.490 e. The summed E-state index contributed by atoms with van der Waals surface area (Å²) in [6.45, 7) is 5.04. The van der Waals surface area contributed by atoms with Gasteiger partial charge in [0.1, 0.15) is 18.9 Å². The van der Waals surface area contributed by atoms with Crippen LogP contribution in [0.4, 0.5) is 5.69 Å². The molecule has 2 N–H and O–H groups in total. The van der Waals surface area contributed by atoms with Gasteiger partial charge in [-0.3, -0.25) is 4.79 Å². The van der Waals surface area contributed by atoms with Crippen LogP contribution in [0.1, 0.15) is 15.9 Å². The number of anilines is 1. The van der Waals surface area contributed by atoms with Crippen LogP contribution in [-0.4, -0.2) is 39.2 Å². The highest BCUT2D eigenvalue weighted by Gasteiger charge is 2.16. The number of methoxy groups -OCH3 is 1. The zero-order valence-corrected chi connectivity index (χ0v) is 15.7. The maximum atomic E-state index is 12.3. The fourth-order valence-electron chi connectivity index (χ4n) is 2.62. The van der Waals surface area contributed by atoms with Crippen LogP contribution >= 0.6 is 0 Å². The average Bonchev–Trinajstić information content (AvgIpc) is 2.67. The number of ether oxygens (including phenoxy) is 2. The minimum atomic E-state index is -0.481. The van der Waals surface area contributed by atoms with Crippen molar-refractivity contribution in [2.75, 3.05) is 32.6 Å². The summed E-state index contributed by atoms with van der Waals surface area (Å²) >= 11 is 0. The number of esters is 1. The van der Waals surface area contributed by atoms with Crippen molar-refractivity contribution < 1.29 is 24.0 Å². The number of nitrogens with one attached hydrogen (secondary N) is 2. The van der Waals surface area contributed by atoms with Gasteiger partial charge in [0.05, 0.1) is 25.4 Å². The molecule has 0 aromatic heterocycles. The predicted octanol–water partition coefficient (Wildman–Crippen LogP) is 1.69. The van der Waals surface area contributed by atoms with Gasteiger partial charge in [-0.25, -0.2) is 4.79 Å². The Kier molecular flexibility index (Phi) is 7.58. The van der Waals surface area contributed by atoms with Crippen LogP contribution in [0.3, 0.4) is 0 Å². The fraction of sp³-hybridized carbons (Fsp3) is 0.238. The van der Waals surface area contributed by atoms with Crippen LogP contribution in [-0.2, 0) is 16.1 Å². The largest absolute Gasteiger partial charge is 0.490 e. The Morgan fingerprint density at radius 3 is 2.52 bits per heavy atom. The van der Waals surface area contributed by atoms with E-state index < -0.39 is 5.97 Å². The first-order valence-corrected chi connectivity index (χ1v) is 8.64. The number of quaternary nitrogens is 1. The minimum absolute atomic E-state index is 0.171. The molecule has 142 valence electrons. The number of carbonyl (C=O) groups is 2. The molecule has 27 heavy (non-hydrogen) atoms. The van der Waals surface area contributed by atoms with Crippen LogP contribution in [0.25, 0.3) is 0 Å². The first-order valence-electron chi connectivity index (χ1n) is 8.64. The van der Waals surface area contributed by atoms with Crippen LogP contribution in [0, 0.1) is 0 Å². The lowest BCUT2D eigenvalue weighted by molar-refractivity contribution is -0.885. The summed E-state index contributed by atoms with van der Waals surface area (Å²) in [5, 5.41) is 2.78. The maximum absolute atomic E-state index is 12.3. The number of benzene rings is 2. The van der Waals surface area contributed by atoms with Gasteiger partial charge in [0.25, 0.3) is 5.91 Å². The molecule has 0 bridgehead atoms. The average molecular weight is 369 g/mol. The molecule has 1 amide bonds. The monoisotopic (exact) mass is 369 g/mol. The molecule has 2 rings (SSSR count). The molecule has 0 radical (unpaired) electrons. The van der Waals surface area contributed by atoms with Crippen molar-refractivity contribution in [3.63, 3.8) is 0 Å². The van der Waals surface area contributed by atoms with Crippen molar-refractivity contribution in [2.24, 2.45) is 0 Å². The molecular weight excluding hydrogens is 344 g/mol. The Bertz CT molecular complexity index is 787. The first-order chi connectivity index (χ1) is 13.0. The van der Waals surface area contributed by atoms with Gasteiger partial charge in [-0.05, 0) is 36.4 Å². The number of likely N-dealkylation sites (N-methyl/N-ethyl adjacent to an activating group) is 1. The molecule has 2 aromatic rings. The lowest BCUT2D eigenvalue weighted by atomic mass is 10.1. The Morgan fingerprint density at radius 2 is 1.85 bits per heavy atom. The van der Waals surface area contributed by atoms with E-state index in [2.05, 4.69) is 11.9 Å². The van der Waals surface area contributed by atoms with Gasteiger partial charge >= 0.3 is 5.97 Å². The van der Waals surface area contributed by atoms with E-state index in [1.165, 1.54) is 7.11 Å². The zero-order valence-electron chi connectivity index (χ0n) is 15.7. The van der Waals surface area contributed by atoms with Crippen molar-refractivity contribution in [3.8, 4) is 5.75 Å². The molecule has 1 unspecified atom stereocenters. The molecule has 0 saturated heterocycles. The second-order valence-corrected chi connectivity index (χ2v) is 6.14. The third-order valence-electron chi connectivity index (χ3n) is 3.87. The summed E-state index contributed by atoms with van der Waals surface area (Å²) in [6, 6.07) is 14.5. The van der Waals surface area contributed by atoms with E-state index in [1.54, 1.807) is 30.3 Å². The van der Waals surface area contributed by atoms with E-state index in [0.717, 1.165) is 16.2 Å². The van der Waals surface area contributed by atoms with Gasteiger partial charge in [0.2, 0.25) is 0 Å². The van der Waals surface area contributed by atoms with Crippen molar-refractivity contribution in [1.29, 1.82) is 0 Å². The maximum Gasteiger partial charge on any atom is 0.339 e. The lowest BCUT2D eigenvalue weighted by Crippen LogP contribution is -3.08. The second-order valence-electron chi connectivity index (χ2n) is 6.14. The van der Waals surface area contributed by atoms with Crippen LogP contribution < -0.4 is 15.0 Å². The van der Waals surface area contributed by atoms with Crippen molar-refractivity contribution in [2.45, 2.75) is 6.54 Å². The topological polar surface area (TPSA) is 69.1 Å². The molecule has 6 heteroatoms. The number of rotatable bonds is 9. The van der Waals surface area contributed by atoms with E-state index in [-0.39, 0.29) is 12.5 Å². The Morgan fingerprint density at radius 1 is 1.15 bits per heavy atom. The lowest BCUT2D eigenvalue weighted by Gasteiger charge is -2.15. The molecule has 6 nitrogen and oxygen atoms in total. The molecule has 0 saturated carbocycles. The zero-order chi connectivity index (χ0) is 19.6. The summed E-state index contributed by atoms with van der Waals surface area (Å²) in [5.74, 6) is 0.133. The highest BCUT2D eigenvalue weighted by atomic mass is 16.5. The van der Waals surface area contributed by atoms with Gasteiger partial charge < -0.3 is 19.7 Å². The Hall–Kier alpha value is -3.12. The molecule has 0 spiro atoms. The highest BCUT2D eigenvalue weighted by molar-refractivity contribution is 6.01. The van der Waals surface area contributed by atoms with Gasteiger partial charge in [-0.2, -0.15) is 0 Å². The third-order valence-corrected chi connectivity index (χ3v) is 3.87. The fourth-order valence-corrected chi connectivity index (χ4v) is 2.62. The van der Waals surface area contributed by atoms with Gasteiger partial charge in [-0.1, -0.05) is 24.8 Å². The van der Waals surface area contributed by atoms with Crippen molar-refractivity contribution in [1.82, 2.24) is 0 Å². The van der Waals surface area contributed by atoms with Crippen molar-refractivity contribution >= 4 is 17.6 Å². The molecule has 0 fully saturated rings. The number of hydrogen-bond donors (Lipinski definition) is 2. The summed E-state index contributed by atoms with van der Waals surface area (Å²) < 4.78 is 10.2. The summed E-state index contributed by atoms with van der Waals surface area (Å²) in [4.78, 5) is 25.1. The molecule has 0 heterocycles. The van der Waals surface area contributed by atoms with Crippen LogP contribution in [0.5, 0.6) is 5.75 Å². The standard InChI is InChI=1S/C21H24N2O4/c1-4-13-27-17-11-9-16(10-12-17)14-23(2)15-20(24)22-19-8-6-5-7-18(19)21(25)26-3/h4-12H,1,13-15H2,2-3H3,(H,22,24)/p+1. The summed E-state index contributed by atoms with van der Waals surface area (Å²) in [6.07, 6.45) is 1.70. The van der Waals surface area contributed by atoms with Crippen LogP contribution in [0.15, 0.2) is 61.2 Å². The predicted molar refractivity (Wildman–Crippen MR) is 104 cm³/mol. The molecular formula is C21H25N2O4+. The van der Waals surface area contributed by atoms with E-state index in [9.17, 15) is 9.59 Å². The quantitative estimate of drug-likeness (QED) is 0.521. The van der Waals surface area contributed by atoms with Crippen LogP contribution in [0.2, 0.25) is 0 Å². The smallest absolute Gasteiger partial charge is 0.339 e. The number of hydrogen-bond acceptors (Lipinski definition) is 4. The van der Waals surface area contributed by atoms with E-state index in [1.807, 2.05) is 31.3 Å². The molecule has 0 aliphatic rings. The van der Waals surface area contributed by atoms with E-state index >= 15 is 0 Å². The Balaban J connectivity index is 1.90. The van der Waals surface area contributed by atoms with E-state index in [0.29, 0.717) is 24.4 Å². The molecule has 2 aromatic carbocycles. The SMILES string of the molecule is C=CCOc1ccc(C[NH+](C)CC(=O)Nc2ccccc2C(=O)OC)cc1. The highest BCUT2D eigenvalue weighted by Crippen LogP contribution is 2.15. The number of amides is 1. The normalized spacial score (nSPS) is 11.3. The molecule has 0 aliphatic heterocycles. The Labute approximate surface area is 159 Å². The third kappa shape index (κ3) is 6.27.